The number of aromatic nitrogens is 1. The van der Waals surface area contributed by atoms with E-state index in [0.29, 0.717) is 0 Å². The van der Waals surface area contributed by atoms with Gasteiger partial charge in [0.2, 0.25) is 0 Å². The van der Waals surface area contributed by atoms with Crippen LogP contribution in [-0.4, -0.2) is 40.5 Å². The first-order valence-electron chi connectivity index (χ1n) is 8.30. The van der Waals surface area contributed by atoms with Gasteiger partial charge < -0.3 is 5.32 Å². The second kappa shape index (κ2) is 6.57. The molecule has 2 fully saturated rings. The van der Waals surface area contributed by atoms with Gasteiger partial charge >= 0.3 is 6.03 Å². The van der Waals surface area contributed by atoms with Crippen molar-refractivity contribution in [3.05, 3.63) is 16.1 Å². The van der Waals surface area contributed by atoms with Crippen molar-refractivity contribution in [3.63, 3.8) is 0 Å². The van der Waals surface area contributed by atoms with Gasteiger partial charge in [-0.1, -0.05) is 6.92 Å². The van der Waals surface area contributed by atoms with Gasteiger partial charge in [0.1, 0.15) is 5.54 Å². The highest BCUT2D eigenvalue weighted by molar-refractivity contribution is 7.09. The lowest BCUT2D eigenvalue weighted by atomic mass is 9.80. The maximum atomic E-state index is 12.1. The molecule has 3 heterocycles. The van der Waals surface area contributed by atoms with Gasteiger partial charge in [-0.3, -0.25) is 15.0 Å². The quantitative estimate of drug-likeness (QED) is 0.806. The number of aryl methyl sites for hydroxylation is 1. The number of nitrogens with one attached hydrogen (secondary N) is 2. The summed E-state index contributed by atoms with van der Waals surface area (Å²) in [5.74, 6) is -0.0651. The van der Waals surface area contributed by atoms with E-state index in [1.807, 2.05) is 6.92 Å². The minimum atomic E-state index is -0.787. The van der Waals surface area contributed by atoms with E-state index >= 15 is 0 Å². The Morgan fingerprint density at radius 2 is 2.30 bits per heavy atom. The van der Waals surface area contributed by atoms with Gasteiger partial charge in [-0.05, 0) is 39.2 Å². The Hall–Kier alpha value is -1.47. The zero-order valence-electron chi connectivity index (χ0n) is 13.7. The number of imide groups is 1. The molecule has 0 radical (unpaired) electrons. The summed E-state index contributed by atoms with van der Waals surface area (Å²) in [6, 6.07) is -0.377. The predicted molar refractivity (Wildman–Crippen MR) is 89.2 cm³/mol. The average molecular weight is 336 g/mol. The Morgan fingerprint density at radius 3 is 3.00 bits per heavy atom. The summed E-state index contributed by atoms with van der Waals surface area (Å²) in [5, 5.41) is 8.52. The maximum absolute atomic E-state index is 12.1. The molecule has 0 aliphatic carbocycles. The van der Waals surface area contributed by atoms with Crippen LogP contribution in [0.1, 0.15) is 43.8 Å². The lowest BCUT2D eigenvalue weighted by Crippen LogP contribution is -2.55. The number of likely N-dealkylation sites (tertiary alicyclic amines) is 1. The molecule has 6 nitrogen and oxygen atoms in total. The third-order valence-electron chi connectivity index (χ3n) is 4.84. The number of piperidine rings is 1. The van der Waals surface area contributed by atoms with Gasteiger partial charge in [0.15, 0.2) is 0 Å². The number of urea groups is 1. The number of rotatable bonds is 5. The summed E-state index contributed by atoms with van der Waals surface area (Å²) in [6.07, 6.45) is 4.15. The maximum Gasteiger partial charge on any atom is 0.322 e. The fourth-order valence-electron chi connectivity index (χ4n) is 3.49. The second-order valence-electron chi connectivity index (χ2n) is 6.67. The lowest BCUT2D eigenvalue weighted by Gasteiger charge is -2.39. The first-order chi connectivity index (χ1) is 11.0. The molecular formula is C16H24N4O2S. The molecule has 2 N–H and O–H groups in total. The molecule has 3 rings (SSSR count). The smallest absolute Gasteiger partial charge is 0.322 e. The van der Waals surface area contributed by atoms with Crippen molar-refractivity contribution >= 4 is 23.3 Å². The van der Waals surface area contributed by atoms with Crippen molar-refractivity contribution in [2.24, 2.45) is 5.92 Å². The SMILES string of the molecule is CCCc1nc(CN2CCCC(C3(C)NC(=O)NC3=O)C2)cs1. The van der Waals surface area contributed by atoms with Crippen LogP contribution in [0.5, 0.6) is 0 Å². The Morgan fingerprint density at radius 1 is 1.48 bits per heavy atom. The van der Waals surface area contributed by atoms with Crippen molar-refractivity contribution in [2.45, 2.75) is 51.6 Å². The number of amides is 3. The molecule has 23 heavy (non-hydrogen) atoms. The van der Waals surface area contributed by atoms with Crippen molar-refractivity contribution < 1.29 is 9.59 Å². The summed E-state index contributed by atoms with van der Waals surface area (Å²) in [4.78, 5) is 30.6. The third kappa shape index (κ3) is 3.40. The van der Waals surface area contributed by atoms with Crippen molar-refractivity contribution in [2.75, 3.05) is 13.1 Å². The average Bonchev–Trinajstić information content (AvgIpc) is 3.05. The van der Waals surface area contributed by atoms with Gasteiger partial charge in [0.05, 0.1) is 10.7 Å². The molecule has 0 saturated carbocycles. The summed E-state index contributed by atoms with van der Waals surface area (Å²) in [5.41, 5.74) is 0.328. The molecule has 2 aliphatic heterocycles. The fraction of sp³-hybridized carbons (Fsp3) is 0.688. The van der Waals surface area contributed by atoms with Crippen LogP contribution in [0.15, 0.2) is 5.38 Å². The van der Waals surface area contributed by atoms with Gasteiger partial charge in [-0.2, -0.15) is 0 Å². The standard InChI is InChI=1S/C16H24N4O2S/c1-3-5-13-17-12(10-23-13)9-20-7-4-6-11(8-20)16(2)14(21)18-15(22)19-16/h10-11H,3-9H2,1-2H3,(H2,18,19,21,22). The van der Waals surface area contributed by atoms with E-state index in [2.05, 4.69) is 32.8 Å². The van der Waals surface area contributed by atoms with Crippen LogP contribution >= 0.6 is 11.3 Å². The number of carbonyl (C=O) groups excluding carboxylic acids is 2. The van der Waals surface area contributed by atoms with Crippen LogP contribution in [0.25, 0.3) is 0 Å². The molecule has 126 valence electrons. The van der Waals surface area contributed by atoms with Gasteiger partial charge in [-0.25, -0.2) is 9.78 Å². The van der Waals surface area contributed by atoms with E-state index in [-0.39, 0.29) is 17.9 Å². The van der Waals surface area contributed by atoms with Crippen LogP contribution in [-0.2, 0) is 17.8 Å². The zero-order chi connectivity index (χ0) is 16.4. The summed E-state index contributed by atoms with van der Waals surface area (Å²) in [7, 11) is 0. The fourth-order valence-corrected chi connectivity index (χ4v) is 4.39. The Bertz CT molecular complexity index is 603. The number of carbonyl (C=O) groups is 2. The van der Waals surface area contributed by atoms with Gasteiger partial charge in [0.25, 0.3) is 5.91 Å². The van der Waals surface area contributed by atoms with E-state index in [4.69, 9.17) is 0 Å². The molecule has 2 atom stereocenters. The molecule has 1 aromatic heterocycles. The first kappa shape index (κ1) is 16.4. The van der Waals surface area contributed by atoms with E-state index in [1.165, 1.54) is 5.01 Å². The number of hydrogen-bond acceptors (Lipinski definition) is 5. The largest absolute Gasteiger partial charge is 0.323 e. The zero-order valence-corrected chi connectivity index (χ0v) is 14.5. The Kier molecular flexibility index (Phi) is 4.68. The van der Waals surface area contributed by atoms with Crippen LogP contribution in [0, 0.1) is 5.92 Å². The number of thiazole rings is 1. The number of hydrogen-bond donors (Lipinski definition) is 2. The topological polar surface area (TPSA) is 74.3 Å². The molecular weight excluding hydrogens is 312 g/mol. The monoisotopic (exact) mass is 336 g/mol. The molecule has 0 bridgehead atoms. The van der Waals surface area contributed by atoms with Crippen molar-refractivity contribution in [3.8, 4) is 0 Å². The highest BCUT2D eigenvalue weighted by Gasteiger charge is 2.48. The summed E-state index contributed by atoms with van der Waals surface area (Å²) >= 11 is 1.73. The van der Waals surface area contributed by atoms with Crippen molar-refractivity contribution in [1.29, 1.82) is 0 Å². The van der Waals surface area contributed by atoms with E-state index < -0.39 is 5.54 Å². The summed E-state index contributed by atoms with van der Waals surface area (Å²) in [6.45, 7) is 6.65. The van der Waals surface area contributed by atoms with E-state index in [1.54, 1.807) is 11.3 Å². The Labute approximate surface area is 140 Å². The third-order valence-corrected chi connectivity index (χ3v) is 5.80. The number of nitrogens with zero attached hydrogens (tertiary/aromatic N) is 2. The van der Waals surface area contributed by atoms with Gasteiger partial charge in [-0.15, -0.1) is 11.3 Å². The molecule has 2 aliphatic rings. The van der Waals surface area contributed by atoms with E-state index in [0.717, 1.165) is 51.0 Å². The Balaban J connectivity index is 1.64. The van der Waals surface area contributed by atoms with Crippen LogP contribution < -0.4 is 10.6 Å². The molecule has 0 aromatic carbocycles. The molecule has 0 spiro atoms. The minimum absolute atomic E-state index is 0.136. The van der Waals surface area contributed by atoms with E-state index in [9.17, 15) is 9.59 Å². The summed E-state index contributed by atoms with van der Waals surface area (Å²) < 4.78 is 0. The lowest BCUT2D eigenvalue weighted by molar-refractivity contribution is -0.126. The molecule has 7 heteroatoms. The predicted octanol–water partition coefficient (Wildman–Crippen LogP) is 1.91. The highest BCUT2D eigenvalue weighted by Crippen LogP contribution is 2.30. The van der Waals surface area contributed by atoms with Gasteiger partial charge in [0, 0.05) is 24.4 Å². The molecule has 2 saturated heterocycles. The second-order valence-corrected chi connectivity index (χ2v) is 7.61. The molecule has 2 unspecified atom stereocenters. The minimum Gasteiger partial charge on any atom is -0.323 e. The normalized spacial score (nSPS) is 28.7. The molecule has 1 aromatic rings. The highest BCUT2D eigenvalue weighted by atomic mass is 32.1. The molecule has 3 amide bonds. The van der Waals surface area contributed by atoms with Crippen LogP contribution in [0.2, 0.25) is 0 Å². The first-order valence-corrected chi connectivity index (χ1v) is 9.18. The van der Waals surface area contributed by atoms with Crippen LogP contribution in [0.3, 0.4) is 0 Å². The van der Waals surface area contributed by atoms with Crippen molar-refractivity contribution in [1.82, 2.24) is 20.5 Å². The van der Waals surface area contributed by atoms with Crippen LogP contribution in [0.4, 0.5) is 4.79 Å².